The van der Waals surface area contributed by atoms with Crippen LogP contribution < -0.4 is 38.5 Å². The van der Waals surface area contributed by atoms with Gasteiger partial charge in [-0.15, -0.1) is 0 Å². The summed E-state index contributed by atoms with van der Waals surface area (Å²) in [6, 6.07) is -2.70. The molecule has 0 fully saturated rings. The first-order valence-corrected chi connectivity index (χ1v) is 40.0. The van der Waals surface area contributed by atoms with Crippen molar-refractivity contribution < 1.29 is 87.0 Å². The normalized spacial score (nSPS) is 13.2. The number of hydrogen-bond donors (Lipinski definition) is 11. The molecule has 0 saturated carbocycles. The molecule has 0 aliphatic carbocycles. The lowest BCUT2D eigenvalue weighted by molar-refractivity contribution is -0.144. The first-order chi connectivity index (χ1) is 49.1. The minimum atomic E-state index is -1.18. The molecule has 0 aliphatic rings. The molecule has 24 nitrogen and oxygen atoms in total. The summed E-state index contributed by atoms with van der Waals surface area (Å²) in [5.41, 5.74) is 17.3. The van der Waals surface area contributed by atoms with E-state index < -0.39 is 65.3 Å². The molecule has 0 bridgehead atoms. The number of carboxylic acids is 4. The molecule has 24 heteroatoms. The Morgan fingerprint density at radius 3 is 1.10 bits per heavy atom. The van der Waals surface area contributed by atoms with E-state index >= 15 is 0 Å². The Balaban J connectivity index is -0.0000173. The van der Waals surface area contributed by atoms with Gasteiger partial charge in [-0.25, -0.2) is 4.79 Å². The van der Waals surface area contributed by atoms with Crippen molar-refractivity contribution in [1.82, 2.24) is 21.3 Å². The van der Waals surface area contributed by atoms with Crippen molar-refractivity contribution in [2.45, 2.75) is 385 Å². The number of hydrogen-bond acceptors (Lipinski definition) is 16. The number of Topliss-reactive ketones (excluding diaryl/α,β-unsaturated/α-hetero) is 5. The minimum absolute atomic E-state index is 0. The second-order valence-corrected chi connectivity index (χ2v) is 29.8. The van der Waals surface area contributed by atoms with Gasteiger partial charge < -0.3 is 58.9 Å². The summed E-state index contributed by atoms with van der Waals surface area (Å²) in [5.74, 6) is -8.11. The Kier molecular flexibility index (Phi) is 59.6. The van der Waals surface area contributed by atoms with Crippen LogP contribution in [0, 0.1) is 17.8 Å². The van der Waals surface area contributed by atoms with Crippen molar-refractivity contribution in [3.63, 3.8) is 0 Å². The van der Waals surface area contributed by atoms with Gasteiger partial charge >= 0.3 is 23.9 Å². The van der Waals surface area contributed by atoms with Crippen LogP contribution in [0.2, 0.25) is 0 Å². The second-order valence-electron chi connectivity index (χ2n) is 29.8. The van der Waals surface area contributed by atoms with E-state index in [4.69, 9.17) is 27.4 Å². The third kappa shape index (κ3) is 58.9. The highest BCUT2D eigenvalue weighted by Gasteiger charge is 2.31. The van der Waals surface area contributed by atoms with Crippen LogP contribution in [-0.2, 0) is 62.3 Å². The zero-order valence-electron chi connectivity index (χ0n) is 63.9. The molecule has 0 aromatic heterocycles. The summed E-state index contributed by atoms with van der Waals surface area (Å²) >= 11 is 0. The van der Waals surface area contributed by atoms with E-state index in [9.17, 15) is 72.5 Å². The number of carboxylic acid groups (broad SMARTS) is 4. The maximum absolute atomic E-state index is 13.8. The molecule has 0 radical (unpaired) electrons. The largest absolute Gasteiger partial charge is 0.481 e. The highest BCUT2D eigenvalue weighted by molar-refractivity contribution is 5.94. The van der Waals surface area contributed by atoms with E-state index in [-0.39, 0.29) is 134 Å². The molecule has 0 saturated heterocycles. The first kappa shape index (κ1) is 97.0. The minimum Gasteiger partial charge on any atom is -0.481 e. The molecule has 6 atom stereocenters. The number of nitrogens with one attached hydrogen (secondary N) is 4. The van der Waals surface area contributed by atoms with Gasteiger partial charge in [0.2, 0.25) is 23.6 Å². The van der Waals surface area contributed by atoms with Crippen molar-refractivity contribution >= 4 is 76.4 Å². The van der Waals surface area contributed by atoms with Crippen molar-refractivity contribution in [3.05, 3.63) is 0 Å². The van der Waals surface area contributed by atoms with Gasteiger partial charge in [-0.2, -0.15) is 0 Å². The zero-order chi connectivity index (χ0) is 76.9. The average Bonchev–Trinajstić information content (AvgIpc) is 0.857. The van der Waals surface area contributed by atoms with Gasteiger partial charge in [0.1, 0.15) is 29.2 Å². The first-order valence-electron chi connectivity index (χ1n) is 40.0. The molecule has 0 aromatic rings. The van der Waals surface area contributed by atoms with Crippen LogP contribution in [0.5, 0.6) is 0 Å². The predicted octanol–water partition coefficient (Wildman–Crippen LogP) is 13.7. The number of nitrogens with two attached hydrogens (primary N) is 3. The van der Waals surface area contributed by atoms with Crippen LogP contribution in [0.25, 0.3) is 0 Å². The third-order valence-corrected chi connectivity index (χ3v) is 19.6. The molecule has 0 heterocycles. The smallest absolute Gasteiger partial charge is 0.326 e. The Morgan fingerprint density at radius 2 is 0.699 bits per heavy atom. The Morgan fingerprint density at radius 1 is 0.340 bits per heavy atom. The molecule has 0 aromatic carbocycles. The van der Waals surface area contributed by atoms with E-state index in [2.05, 4.69) is 21.3 Å². The van der Waals surface area contributed by atoms with Crippen molar-refractivity contribution in [2.24, 2.45) is 35.0 Å². The number of unbranched alkanes of at least 4 members (excludes halogenated alkanes) is 31. The number of ketones is 5. The quantitative estimate of drug-likeness (QED) is 0.0252. The molecule has 0 spiro atoms. The molecule has 0 aliphatic heterocycles. The summed E-state index contributed by atoms with van der Waals surface area (Å²) in [6.07, 6.45) is 37.4. The molecule has 4 amide bonds. The number of aliphatic carboxylic acids is 4. The molecule has 600 valence electrons. The third-order valence-electron chi connectivity index (χ3n) is 19.6. The van der Waals surface area contributed by atoms with Gasteiger partial charge in [0.05, 0.1) is 23.5 Å². The fraction of sp³-hybridized carbons (Fsp3) is 0.835. The zero-order valence-corrected chi connectivity index (χ0v) is 63.9. The lowest BCUT2D eigenvalue weighted by Gasteiger charge is -2.23. The van der Waals surface area contributed by atoms with E-state index in [1.807, 2.05) is 0 Å². The predicted molar refractivity (Wildman–Crippen MR) is 408 cm³/mol. The monoisotopic (exact) mass is 1470 g/mol. The van der Waals surface area contributed by atoms with Crippen LogP contribution in [0.1, 0.15) is 365 Å². The Bertz CT molecular complexity index is 2440. The van der Waals surface area contributed by atoms with Gasteiger partial charge in [-0.1, -0.05) is 180 Å². The number of amides is 4. The van der Waals surface area contributed by atoms with Gasteiger partial charge in [-0.3, -0.25) is 57.5 Å². The molecule has 103 heavy (non-hydrogen) atoms. The molecule has 14 N–H and O–H groups in total. The van der Waals surface area contributed by atoms with Crippen LogP contribution >= 0.6 is 0 Å². The Hall–Kier alpha value is -6.01. The van der Waals surface area contributed by atoms with Crippen LogP contribution in [0.15, 0.2) is 0 Å². The maximum atomic E-state index is 13.8. The number of carbonyl (C=O) groups excluding carboxylic acids is 9. The lowest BCUT2D eigenvalue weighted by atomic mass is 9.82. The van der Waals surface area contributed by atoms with Crippen molar-refractivity contribution in [1.29, 1.82) is 0 Å². The summed E-state index contributed by atoms with van der Waals surface area (Å²) in [6.45, 7) is 5.50. The molecule has 0 unspecified atom stereocenters. The van der Waals surface area contributed by atoms with Crippen molar-refractivity contribution in [2.75, 3.05) is 19.6 Å². The maximum Gasteiger partial charge on any atom is 0.326 e. The van der Waals surface area contributed by atoms with E-state index in [0.29, 0.717) is 109 Å². The summed E-state index contributed by atoms with van der Waals surface area (Å²) < 4.78 is 0. The SMILES string of the molecule is CC(=O)[C@H](CCCCNC(=O)[C@@H](N)CCCCCC(=O)CC[C@H](NC(=O)CCCCCCCCCCCCCCCCC(=O)O)C(=O)O)CC(=O)[C@H](CCCCNC(=O)[C@@H](N)CCCCNC(=O)CC[C@H](CC(=O)CCCCCCCCCCCCCCCCC(=O)O)C(=O)O)CC(=O)C(C)(C)N.[HH].[HH].[HH]. The van der Waals surface area contributed by atoms with Crippen LogP contribution in [0.4, 0.5) is 0 Å². The van der Waals surface area contributed by atoms with Gasteiger partial charge in [-0.05, 0) is 117 Å². The standard InChI is InChI=1S/C79H141N7O17.3H2/c1-60(87)61(41-35-38-55-84-75(98)66(80)45-31-28-30-43-64(88)51-52-68(78(102)103)86-72(93)47-32-25-21-17-13-9-5-7-11-15-19-23-27-34-49-74(96)97)58-69(90)62(59-70(91)79(2,3)82)42-36-39-56-85-76(99)67(81)46-37-40-54-83-71(92)53-50-63(77(100)101)57-65(89)44-29-24-20-16-12-8-4-6-10-14-18-22-26-33-48-73(94)95;;;/h61-63,66-68H,4-59,80-82H2,1-3H3,(H,83,92)(H,84,98)(H,85,99)(H,86,93)(H,94,95)(H,96,97)(H,100,101)(H,102,103);3*1H/t61-,62-,63-,66+,67+,68+;;;/m1.../s1. The second kappa shape index (κ2) is 63.3. The van der Waals surface area contributed by atoms with Gasteiger partial charge in [0.25, 0.3) is 0 Å². The highest BCUT2D eigenvalue weighted by Crippen LogP contribution is 2.25. The summed E-state index contributed by atoms with van der Waals surface area (Å²) in [5, 5.41) is 47.9. The summed E-state index contributed by atoms with van der Waals surface area (Å²) in [7, 11) is 0. The van der Waals surface area contributed by atoms with E-state index in [1.165, 1.54) is 71.1 Å². The van der Waals surface area contributed by atoms with E-state index in [1.54, 1.807) is 13.8 Å². The number of carbonyl (C=O) groups is 13. The molecular weight excluding hydrogens is 1320 g/mol. The van der Waals surface area contributed by atoms with Crippen molar-refractivity contribution in [3.8, 4) is 0 Å². The molecular formula is C79H147N7O17. The van der Waals surface area contributed by atoms with Gasteiger partial charge in [0, 0.05) is 100.0 Å². The fourth-order valence-electron chi connectivity index (χ4n) is 12.7. The van der Waals surface area contributed by atoms with E-state index in [0.717, 1.165) is 109 Å². The fourth-order valence-corrected chi connectivity index (χ4v) is 12.7. The topological polar surface area (TPSA) is 429 Å². The average molecular weight is 1470 g/mol. The van der Waals surface area contributed by atoms with Gasteiger partial charge in [0.15, 0.2) is 5.78 Å². The Labute approximate surface area is 621 Å². The lowest BCUT2D eigenvalue weighted by Crippen LogP contribution is -2.43. The molecule has 0 rings (SSSR count). The van der Waals surface area contributed by atoms with Crippen LogP contribution in [0.3, 0.4) is 0 Å². The highest BCUT2D eigenvalue weighted by atomic mass is 16.4. The number of rotatable bonds is 75. The van der Waals surface area contributed by atoms with Crippen LogP contribution in [-0.4, -0.2) is 140 Å². The summed E-state index contributed by atoms with van der Waals surface area (Å²) in [4.78, 5) is 161.